The summed E-state index contributed by atoms with van der Waals surface area (Å²) in [6.07, 6.45) is 3.62. The number of fused-ring (bicyclic) bond motifs is 1. The lowest BCUT2D eigenvalue weighted by Gasteiger charge is -2.13. The van der Waals surface area contributed by atoms with Crippen LogP contribution >= 0.6 is 11.6 Å². The smallest absolute Gasteiger partial charge is 0.0921 e. The van der Waals surface area contributed by atoms with Gasteiger partial charge < -0.3 is 10.4 Å². The van der Waals surface area contributed by atoms with Gasteiger partial charge in [-0.05, 0) is 24.5 Å². The molecule has 0 spiro atoms. The zero-order valence-electron chi connectivity index (χ0n) is 9.28. The summed E-state index contributed by atoms with van der Waals surface area (Å²) in [7, 11) is 0. The molecule has 17 heavy (non-hydrogen) atoms. The van der Waals surface area contributed by atoms with Crippen LogP contribution < -0.4 is 5.32 Å². The Morgan fingerprint density at radius 1 is 1.53 bits per heavy atom. The Labute approximate surface area is 104 Å². The minimum atomic E-state index is -0.520. The lowest BCUT2D eigenvalue weighted by Crippen LogP contribution is -2.23. The second-order valence-corrected chi connectivity index (χ2v) is 4.90. The summed E-state index contributed by atoms with van der Waals surface area (Å²) in [6, 6.07) is 4.24. The average Bonchev–Trinajstić information content (AvgIpc) is 3.02. The summed E-state index contributed by atoms with van der Waals surface area (Å²) in [5, 5.41) is 21.8. The topological polar surface area (TPSA) is 60.9 Å². The van der Waals surface area contributed by atoms with Crippen LogP contribution in [0, 0.1) is 0 Å². The van der Waals surface area contributed by atoms with Gasteiger partial charge in [0.1, 0.15) is 0 Å². The molecule has 3 rings (SSSR count). The first-order valence-corrected chi connectivity index (χ1v) is 6.16. The molecule has 0 unspecified atom stereocenters. The molecule has 0 amide bonds. The monoisotopic (exact) mass is 251 g/mol. The zero-order chi connectivity index (χ0) is 11.8. The molecule has 1 saturated carbocycles. The Morgan fingerprint density at radius 2 is 2.35 bits per heavy atom. The number of aliphatic hydroxyl groups is 1. The summed E-state index contributed by atoms with van der Waals surface area (Å²) >= 11 is 6.04. The molecule has 0 bridgehead atoms. The van der Waals surface area contributed by atoms with Crippen LogP contribution in [0.25, 0.3) is 10.9 Å². The molecule has 0 radical (unpaired) electrons. The van der Waals surface area contributed by atoms with Crippen LogP contribution in [0.4, 0.5) is 0 Å². The number of aromatic nitrogens is 2. The number of hydrogen-bond acceptors (Lipinski definition) is 3. The van der Waals surface area contributed by atoms with E-state index in [0.717, 1.165) is 16.5 Å². The average molecular weight is 252 g/mol. The Hall–Kier alpha value is -1.10. The van der Waals surface area contributed by atoms with Gasteiger partial charge in [0, 0.05) is 18.0 Å². The molecular weight excluding hydrogens is 238 g/mol. The van der Waals surface area contributed by atoms with Crippen LogP contribution in [0.5, 0.6) is 0 Å². The van der Waals surface area contributed by atoms with Crippen molar-refractivity contribution in [1.82, 2.24) is 15.5 Å². The number of aromatic amines is 1. The van der Waals surface area contributed by atoms with Gasteiger partial charge in [0.2, 0.25) is 0 Å². The van der Waals surface area contributed by atoms with Crippen LogP contribution in [0.2, 0.25) is 5.02 Å². The lowest BCUT2D eigenvalue weighted by atomic mass is 10.1. The van der Waals surface area contributed by atoms with Crippen LogP contribution in [0.15, 0.2) is 18.3 Å². The second-order valence-electron chi connectivity index (χ2n) is 4.49. The fourth-order valence-corrected chi connectivity index (χ4v) is 2.20. The number of nitrogens with zero attached hydrogens (tertiary/aromatic N) is 1. The maximum absolute atomic E-state index is 10.2. The van der Waals surface area contributed by atoms with Crippen molar-refractivity contribution in [3.05, 3.63) is 28.9 Å². The predicted octanol–water partition coefficient (Wildman–Crippen LogP) is 2.00. The van der Waals surface area contributed by atoms with Crippen molar-refractivity contribution < 1.29 is 5.11 Å². The van der Waals surface area contributed by atoms with Crippen LogP contribution in [-0.2, 0) is 0 Å². The summed E-state index contributed by atoms with van der Waals surface area (Å²) < 4.78 is 0. The number of hydrogen-bond donors (Lipinski definition) is 3. The highest BCUT2D eigenvalue weighted by molar-refractivity contribution is 6.35. The normalized spacial score (nSPS) is 17.5. The molecule has 1 heterocycles. The molecular formula is C12H14ClN3O. The largest absolute Gasteiger partial charge is 0.387 e. The molecule has 1 aromatic heterocycles. The van der Waals surface area contributed by atoms with Crippen molar-refractivity contribution in [1.29, 1.82) is 0 Å². The fraction of sp³-hybridized carbons (Fsp3) is 0.417. The van der Waals surface area contributed by atoms with Gasteiger partial charge in [0.25, 0.3) is 0 Å². The number of benzene rings is 1. The van der Waals surface area contributed by atoms with Crippen molar-refractivity contribution >= 4 is 22.5 Å². The molecule has 5 heteroatoms. The van der Waals surface area contributed by atoms with Gasteiger partial charge in [0.05, 0.1) is 22.8 Å². The summed E-state index contributed by atoms with van der Waals surface area (Å²) in [5.41, 5.74) is 1.65. The Kier molecular flexibility index (Phi) is 2.78. The van der Waals surface area contributed by atoms with Gasteiger partial charge in [0.15, 0.2) is 0 Å². The quantitative estimate of drug-likeness (QED) is 0.779. The Balaban J connectivity index is 1.87. The molecule has 1 aromatic carbocycles. The van der Waals surface area contributed by atoms with E-state index in [0.29, 0.717) is 17.6 Å². The zero-order valence-corrected chi connectivity index (χ0v) is 10.0. The van der Waals surface area contributed by atoms with E-state index in [-0.39, 0.29) is 0 Å². The van der Waals surface area contributed by atoms with E-state index in [1.807, 2.05) is 6.07 Å². The van der Waals surface area contributed by atoms with Crippen molar-refractivity contribution in [2.45, 2.75) is 25.0 Å². The van der Waals surface area contributed by atoms with E-state index in [1.165, 1.54) is 12.8 Å². The standard InChI is InChI=1S/C12H14ClN3O/c13-10-4-3-8(9-5-15-16-12(9)10)11(17)6-14-7-1-2-7/h3-5,7,11,14,17H,1-2,6H2,(H,15,16)/t11-/m0/s1. The van der Waals surface area contributed by atoms with Crippen molar-refractivity contribution in [2.24, 2.45) is 0 Å². The van der Waals surface area contributed by atoms with Crippen molar-refractivity contribution in [3.8, 4) is 0 Å². The summed E-state index contributed by atoms with van der Waals surface area (Å²) in [5.74, 6) is 0. The van der Waals surface area contributed by atoms with Crippen LogP contribution in [0.3, 0.4) is 0 Å². The van der Waals surface area contributed by atoms with E-state index in [2.05, 4.69) is 15.5 Å². The molecule has 1 aliphatic rings. The van der Waals surface area contributed by atoms with Gasteiger partial charge in [-0.2, -0.15) is 5.10 Å². The molecule has 0 saturated heterocycles. The molecule has 90 valence electrons. The van der Waals surface area contributed by atoms with Crippen LogP contribution in [0.1, 0.15) is 24.5 Å². The van der Waals surface area contributed by atoms with Gasteiger partial charge in [-0.1, -0.05) is 17.7 Å². The number of rotatable bonds is 4. The van der Waals surface area contributed by atoms with Gasteiger partial charge in [-0.25, -0.2) is 0 Å². The molecule has 1 fully saturated rings. The minimum absolute atomic E-state index is 0.520. The van der Waals surface area contributed by atoms with Gasteiger partial charge in [-0.3, -0.25) is 5.10 Å². The first kappa shape index (κ1) is 11.0. The molecule has 1 atom stereocenters. The van der Waals surface area contributed by atoms with E-state index in [9.17, 15) is 5.11 Å². The fourth-order valence-electron chi connectivity index (χ4n) is 1.99. The summed E-state index contributed by atoms with van der Waals surface area (Å²) in [6.45, 7) is 0.576. The molecule has 3 N–H and O–H groups in total. The van der Waals surface area contributed by atoms with E-state index >= 15 is 0 Å². The number of aliphatic hydroxyl groups excluding tert-OH is 1. The highest BCUT2D eigenvalue weighted by Gasteiger charge is 2.22. The van der Waals surface area contributed by atoms with Crippen LogP contribution in [-0.4, -0.2) is 27.9 Å². The number of halogens is 1. The number of nitrogens with one attached hydrogen (secondary N) is 2. The van der Waals surface area contributed by atoms with E-state index in [4.69, 9.17) is 11.6 Å². The third kappa shape index (κ3) is 2.16. The van der Waals surface area contributed by atoms with Gasteiger partial charge in [-0.15, -0.1) is 0 Å². The molecule has 4 nitrogen and oxygen atoms in total. The molecule has 0 aliphatic heterocycles. The van der Waals surface area contributed by atoms with Crippen molar-refractivity contribution in [3.63, 3.8) is 0 Å². The first-order valence-electron chi connectivity index (χ1n) is 5.78. The first-order chi connectivity index (χ1) is 8.25. The predicted molar refractivity (Wildman–Crippen MR) is 67.1 cm³/mol. The highest BCUT2D eigenvalue weighted by atomic mass is 35.5. The Bertz CT molecular complexity index is 536. The lowest BCUT2D eigenvalue weighted by molar-refractivity contribution is 0.176. The van der Waals surface area contributed by atoms with E-state index < -0.39 is 6.10 Å². The highest BCUT2D eigenvalue weighted by Crippen LogP contribution is 2.28. The second kappa shape index (κ2) is 4.29. The third-order valence-corrected chi connectivity index (χ3v) is 3.45. The van der Waals surface area contributed by atoms with Gasteiger partial charge >= 0.3 is 0 Å². The maximum Gasteiger partial charge on any atom is 0.0921 e. The maximum atomic E-state index is 10.2. The Morgan fingerprint density at radius 3 is 3.12 bits per heavy atom. The number of H-pyrrole nitrogens is 1. The third-order valence-electron chi connectivity index (χ3n) is 3.13. The minimum Gasteiger partial charge on any atom is -0.387 e. The SMILES string of the molecule is O[C@@H](CNC1CC1)c1ccc(Cl)c2[nH]ncc12. The van der Waals surface area contributed by atoms with E-state index in [1.54, 1.807) is 12.3 Å². The molecule has 2 aromatic rings. The van der Waals surface area contributed by atoms with Crippen molar-refractivity contribution in [2.75, 3.05) is 6.54 Å². The summed E-state index contributed by atoms with van der Waals surface area (Å²) in [4.78, 5) is 0. The molecule has 1 aliphatic carbocycles.